The number of hydrogen-bond acceptors (Lipinski definition) is 3. The smallest absolute Gasteiger partial charge is 0.121 e. The van der Waals surface area contributed by atoms with Crippen LogP contribution in [0.5, 0.6) is 5.75 Å². The number of aliphatic hydroxyl groups is 1. The minimum atomic E-state index is -0.553. The molecule has 2 N–H and O–H groups in total. The highest BCUT2D eigenvalue weighted by Crippen LogP contribution is 2.36. The predicted octanol–water partition coefficient (Wildman–Crippen LogP) is 2.88. The lowest BCUT2D eigenvalue weighted by Crippen LogP contribution is -2.20. The minimum absolute atomic E-state index is 0.0426. The summed E-state index contributed by atoms with van der Waals surface area (Å²) in [5.41, 5.74) is 4.41. The Morgan fingerprint density at radius 3 is 2.80 bits per heavy atom. The summed E-state index contributed by atoms with van der Waals surface area (Å²) in [5, 5.41) is 14.0. The van der Waals surface area contributed by atoms with Gasteiger partial charge in [0.25, 0.3) is 0 Å². The molecular formula is C17H19NO2. The summed E-state index contributed by atoms with van der Waals surface area (Å²) in [6, 6.07) is 14.0. The van der Waals surface area contributed by atoms with E-state index in [4.69, 9.17) is 4.74 Å². The van der Waals surface area contributed by atoms with Gasteiger partial charge in [0.2, 0.25) is 0 Å². The predicted molar refractivity (Wildman–Crippen MR) is 78.7 cm³/mol. The molecule has 1 aliphatic heterocycles. The van der Waals surface area contributed by atoms with Crippen molar-refractivity contribution >= 4 is 0 Å². The highest BCUT2D eigenvalue weighted by atomic mass is 16.5. The van der Waals surface area contributed by atoms with Crippen LogP contribution < -0.4 is 10.1 Å². The van der Waals surface area contributed by atoms with Gasteiger partial charge >= 0.3 is 0 Å². The van der Waals surface area contributed by atoms with Crippen molar-refractivity contribution in [3.05, 3.63) is 64.7 Å². The summed E-state index contributed by atoms with van der Waals surface area (Å²) < 4.78 is 5.26. The van der Waals surface area contributed by atoms with E-state index in [0.29, 0.717) is 0 Å². The Hall–Kier alpha value is -1.84. The van der Waals surface area contributed by atoms with Gasteiger partial charge in [0.15, 0.2) is 0 Å². The van der Waals surface area contributed by atoms with E-state index in [1.165, 1.54) is 11.1 Å². The van der Waals surface area contributed by atoms with Crippen molar-refractivity contribution in [1.82, 2.24) is 5.32 Å². The molecule has 0 fully saturated rings. The van der Waals surface area contributed by atoms with Crippen LogP contribution in [0.25, 0.3) is 0 Å². The van der Waals surface area contributed by atoms with Gasteiger partial charge in [0, 0.05) is 6.54 Å². The third-order valence-corrected chi connectivity index (χ3v) is 3.98. The number of hydrogen-bond donors (Lipinski definition) is 2. The Bertz CT molecular complexity index is 624. The SMILES string of the molecule is COc1ccc(C(O)C2NCc3ccccc32)cc1C. The van der Waals surface area contributed by atoms with Crippen LogP contribution in [0.2, 0.25) is 0 Å². The van der Waals surface area contributed by atoms with E-state index in [9.17, 15) is 5.11 Å². The molecule has 2 aromatic rings. The Morgan fingerprint density at radius 2 is 2.05 bits per heavy atom. The number of rotatable bonds is 3. The summed E-state index contributed by atoms with van der Waals surface area (Å²) in [7, 11) is 1.66. The van der Waals surface area contributed by atoms with E-state index in [0.717, 1.165) is 23.4 Å². The number of benzene rings is 2. The van der Waals surface area contributed by atoms with E-state index in [1.807, 2.05) is 37.3 Å². The molecule has 2 atom stereocenters. The molecule has 0 spiro atoms. The quantitative estimate of drug-likeness (QED) is 0.900. The van der Waals surface area contributed by atoms with Gasteiger partial charge in [-0.05, 0) is 41.3 Å². The fourth-order valence-corrected chi connectivity index (χ4v) is 2.89. The van der Waals surface area contributed by atoms with E-state index in [-0.39, 0.29) is 6.04 Å². The first-order valence-electron chi connectivity index (χ1n) is 6.84. The van der Waals surface area contributed by atoms with Gasteiger partial charge in [0.1, 0.15) is 5.75 Å². The molecule has 1 aliphatic rings. The van der Waals surface area contributed by atoms with E-state index < -0.39 is 6.10 Å². The van der Waals surface area contributed by atoms with Crippen LogP contribution in [0.3, 0.4) is 0 Å². The van der Waals surface area contributed by atoms with Crippen LogP contribution in [-0.4, -0.2) is 12.2 Å². The van der Waals surface area contributed by atoms with Gasteiger partial charge < -0.3 is 15.2 Å². The Labute approximate surface area is 119 Å². The fourth-order valence-electron chi connectivity index (χ4n) is 2.89. The molecule has 1 heterocycles. The van der Waals surface area contributed by atoms with Crippen molar-refractivity contribution in [3.8, 4) is 5.75 Å². The van der Waals surface area contributed by atoms with Crippen molar-refractivity contribution in [2.45, 2.75) is 25.6 Å². The Kier molecular flexibility index (Phi) is 3.47. The van der Waals surface area contributed by atoms with Crippen LogP contribution >= 0.6 is 0 Å². The van der Waals surface area contributed by atoms with E-state index >= 15 is 0 Å². The molecule has 0 saturated heterocycles. The number of methoxy groups -OCH3 is 1. The summed E-state index contributed by atoms with van der Waals surface area (Å²) in [5.74, 6) is 0.848. The molecular weight excluding hydrogens is 250 g/mol. The first kappa shape index (κ1) is 13.2. The zero-order valence-corrected chi connectivity index (χ0v) is 11.8. The summed E-state index contributed by atoms with van der Waals surface area (Å²) in [6.45, 7) is 2.80. The maximum Gasteiger partial charge on any atom is 0.121 e. The zero-order valence-electron chi connectivity index (χ0n) is 11.8. The monoisotopic (exact) mass is 269 g/mol. The van der Waals surface area contributed by atoms with Crippen LogP contribution in [0, 0.1) is 6.92 Å². The first-order chi connectivity index (χ1) is 9.70. The Balaban J connectivity index is 1.90. The molecule has 0 amide bonds. The summed E-state index contributed by atoms with van der Waals surface area (Å²) >= 11 is 0. The molecule has 3 nitrogen and oxygen atoms in total. The molecule has 0 aromatic heterocycles. The average molecular weight is 269 g/mol. The lowest BCUT2D eigenvalue weighted by atomic mass is 9.95. The van der Waals surface area contributed by atoms with Gasteiger partial charge in [-0.2, -0.15) is 0 Å². The standard InChI is InChI=1S/C17H19NO2/c1-11-9-12(7-8-15(11)20-2)17(19)16-14-6-4-3-5-13(14)10-18-16/h3-9,16-19H,10H2,1-2H3. The highest BCUT2D eigenvalue weighted by Gasteiger charge is 2.28. The average Bonchev–Trinajstić information content (AvgIpc) is 2.90. The van der Waals surface area contributed by atoms with Gasteiger partial charge in [-0.1, -0.05) is 30.3 Å². The molecule has 3 rings (SSSR count). The largest absolute Gasteiger partial charge is 0.496 e. The second kappa shape index (κ2) is 5.27. The van der Waals surface area contributed by atoms with Crippen molar-refractivity contribution in [2.75, 3.05) is 7.11 Å². The second-order valence-electron chi connectivity index (χ2n) is 5.23. The molecule has 0 aliphatic carbocycles. The van der Waals surface area contributed by atoms with Crippen molar-refractivity contribution < 1.29 is 9.84 Å². The number of nitrogens with one attached hydrogen (secondary N) is 1. The minimum Gasteiger partial charge on any atom is -0.496 e. The molecule has 0 saturated carbocycles. The number of ether oxygens (including phenoxy) is 1. The number of aryl methyl sites for hydroxylation is 1. The van der Waals surface area contributed by atoms with Gasteiger partial charge in [-0.25, -0.2) is 0 Å². The van der Waals surface area contributed by atoms with Crippen molar-refractivity contribution in [2.24, 2.45) is 0 Å². The zero-order chi connectivity index (χ0) is 14.1. The van der Waals surface area contributed by atoms with Crippen LogP contribution in [-0.2, 0) is 6.54 Å². The van der Waals surface area contributed by atoms with E-state index in [2.05, 4.69) is 17.4 Å². The third-order valence-electron chi connectivity index (χ3n) is 3.98. The molecule has 0 bridgehead atoms. The molecule has 2 unspecified atom stereocenters. The highest BCUT2D eigenvalue weighted by molar-refractivity contribution is 5.40. The maximum absolute atomic E-state index is 10.7. The van der Waals surface area contributed by atoms with Crippen molar-refractivity contribution in [1.29, 1.82) is 0 Å². The van der Waals surface area contributed by atoms with Gasteiger partial charge in [-0.15, -0.1) is 0 Å². The second-order valence-corrected chi connectivity index (χ2v) is 5.23. The Morgan fingerprint density at radius 1 is 1.25 bits per heavy atom. The van der Waals surface area contributed by atoms with Gasteiger partial charge in [-0.3, -0.25) is 0 Å². The van der Waals surface area contributed by atoms with E-state index in [1.54, 1.807) is 7.11 Å². The third kappa shape index (κ3) is 2.19. The molecule has 2 aromatic carbocycles. The molecule has 0 radical (unpaired) electrons. The van der Waals surface area contributed by atoms with Gasteiger partial charge in [0.05, 0.1) is 19.3 Å². The lowest BCUT2D eigenvalue weighted by molar-refractivity contribution is 0.133. The molecule has 20 heavy (non-hydrogen) atoms. The first-order valence-corrected chi connectivity index (χ1v) is 6.84. The van der Waals surface area contributed by atoms with Crippen LogP contribution in [0.4, 0.5) is 0 Å². The summed E-state index contributed by atoms with van der Waals surface area (Å²) in [6.07, 6.45) is -0.553. The number of fused-ring (bicyclic) bond motifs is 1. The summed E-state index contributed by atoms with van der Waals surface area (Å²) in [4.78, 5) is 0. The number of aliphatic hydroxyl groups excluding tert-OH is 1. The fraction of sp³-hybridized carbons (Fsp3) is 0.294. The molecule has 3 heteroatoms. The van der Waals surface area contributed by atoms with Crippen LogP contribution in [0.1, 0.15) is 34.4 Å². The maximum atomic E-state index is 10.7. The lowest BCUT2D eigenvalue weighted by Gasteiger charge is -2.21. The topological polar surface area (TPSA) is 41.5 Å². The normalized spacial score (nSPS) is 18.6. The van der Waals surface area contributed by atoms with Crippen molar-refractivity contribution in [3.63, 3.8) is 0 Å². The van der Waals surface area contributed by atoms with Crippen LogP contribution in [0.15, 0.2) is 42.5 Å². The molecule has 104 valence electrons.